The molecule has 4 nitrogen and oxygen atoms in total. The molecule has 0 spiro atoms. The number of para-hydroxylation sites is 1. The van der Waals surface area contributed by atoms with E-state index in [4.69, 9.17) is 4.74 Å². The summed E-state index contributed by atoms with van der Waals surface area (Å²) in [6.45, 7) is 4.46. The van der Waals surface area contributed by atoms with Gasteiger partial charge in [0.1, 0.15) is 12.4 Å². The first-order valence-corrected chi connectivity index (χ1v) is 11.9. The van der Waals surface area contributed by atoms with Crippen LogP contribution in [-0.2, 0) is 11.4 Å². The van der Waals surface area contributed by atoms with Crippen LogP contribution in [0.3, 0.4) is 0 Å². The predicted molar refractivity (Wildman–Crippen MR) is 142 cm³/mol. The van der Waals surface area contributed by atoms with E-state index in [1.165, 1.54) is 10.6 Å². The monoisotopic (exact) mass is 634 g/mol. The van der Waals surface area contributed by atoms with Gasteiger partial charge in [0, 0.05) is 0 Å². The lowest BCUT2D eigenvalue weighted by Crippen LogP contribution is -2.21. The van der Waals surface area contributed by atoms with Crippen molar-refractivity contribution in [3.05, 3.63) is 96.1 Å². The zero-order valence-corrected chi connectivity index (χ0v) is 21.4. The molecule has 1 amide bonds. The van der Waals surface area contributed by atoms with Crippen molar-refractivity contribution in [2.75, 3.05) is 5.01 Å². The number of nitrogens with zero attached hydrogens (tertiary/aromatic N) is 2. The summed E-state index contributed by atoms with van der Waals surface area (Å²) in [5.74, 6) is 0.743. The molecular formula is C25H20I2N2O2. The fourth-order valence-electron chi connectivity index (χ4n) is 3.35. The number of halogens is 2. The Hall–Kier alpha value is -2.20. The molecule has 0 aromatic heterocycles. The summed E-state index contributed by atoms with van der Waals surface area (Å²) < 4.78 is 8.12. The SMILES string of the molecule is CC1=NN(c2ccccc2)C(=O)/C1=C/c1cc(I)c(OCc2cccc(C)c2)c(I)c1. The minimum Gasteiger partial charge on any atom is -0.487 e. The quantitative estimate of drug-likeness (QED) is 0.235. The smallest absolute Gasteiger partial charge is 0.280 e. The van der Waals surface area contributed by atoms with Gasteiger partial charge in [-0.2, -0.15) is 10.1 Å². The van der Waals surface area contributed by atoms with Crippen molar-refractivity contribution < 1.29 is 9.53 Å². The van der Waals surface area contributed by atoms with Gasteiger partial charge in [0.2, 0.25) is 0 Å². The van der Waals surface area contributed by atoms with Gasteiger partial charge in [0.25, 0.3) is 5.91 Å². The molecule has 0 radical (unpaired) electrons. The van der Waals surface area contributed by atoms with E-state index in [0.29, 0.717) is 17.9 Å². The Labute approximate surface area is 209 Å². The maximum Gasteiger partial charge on any atom is 0.280 e. The average Bonchev–Trinajstić information content (AvgIpc) is 3.02. The van der Waals surface area contributed by atoms with Crippen LogP contribution in [0, 0.1) is 14.1 Å². The molecule has 156 valence electrons. The first-order chi connectivity index (χ1) is 14.9. The van der Waals surface area contributed by atoms with Gasteiger partial charge < -0.3 is 4.74 Å². The van der Waals surface area contributed by atoms with Gasteiger partial charge in [-0.25, -0.2) is 0 Å². The molecule has 0 aliphatic carbocycles. The molecule has 0 bridgehead atoms. The van der Waals surface area contributed by atoms with E-state index in [0.717, 1.165) is 29.7 Å². The molecule has 1 heterocycles. The zero-order chi connectivity index (χ0) is 22.0. The number of rotatable bonds is 5. The third kappa shape index (κ3) is 5.01. The largest absolute Gasteiger partial charge is 0.487 e. The molecule has 31 heavy (non-hydrogen) atoms. The Bertz CT molecular complexity index is 1180. The number of anilines is 1. The van der Waals surface area contributed by atoms with Gasteiger partial charge in [0.05, 0.1) is 24.1 Å². The Morgan fingerprint density at radius 1 is 0.968 bits per heavy atom. The summed E-state index contributed by atoms with van der Waals surface area (Å²) in [6, 6.07) is 21.9. The van der Waals surface area contributed by atoms with Crippen molar-refractivity contribution in [2.24, 2.45) is 5.10 Å². The van der Waals surface area contributed by atoms with Crippen LogP contribution in [0.1, 0.15) is 23.6 Å². The highest BCUT2D eigenvalue weighted by Crippen LogP contribution is 2.32. The van der Waals surface area contributed by atoms with Crippen molar-refractivity contribution in [1.82, 2.24) is 0 Å². The van der Waals surface area contributed by atoms with Gasteiger partial charge in [-0.15, -0.1) is 0 Å². The van der Waals surface area contributed by atoms with E-state index in [9.17, 15) is 4.79 Å². The number of hydrazone groups is 1. The van der Waals surface area contributed by atoms with Crippen molar-refractivity contribution in [3.63, 3.8) is 0 Å². The first kappa shape index (κ1) is 22.0. The molecule has 3 aromatic rings. The van der Waals surface area contributed by atoms with Crippen LogP contribution in [0.25, 0.3) is 6.08 Å². The van der Waals surface area contributed by atoms with Crippen LogP contribution in [0.15, 0.2) is 77.4 Å². The predicted octanol–water partition coefficient (Wildman–Crippen LogP) is 6.59. The Kier molecular flexibility index (Phi) is 6.76. The number of aryl methyl sites for hydroxylation is 1. The fraction of sp³-hybridized carbons (Fsp3) is 0.120. The summed E-state index contributed by atoms with van der Waals surface area (Å²) in [6.07, 6.45) is 1.90. The van der Waals surface area contributed by atoms with E-state index in [1.807, 2.05) is 61.5 Å². The molecule has 1 aliphatic rings. The van der Waals surface area contributed by atoms with Gasteiger partial charge in [-0.3, -0.25) is 4.79 Å². The van der Waals surface area contributed by atoms with E-state index >= 15 is 0 Å². The van der Waals surface area contributed by atoms with Crippen molar-refractivity contribution in [3.8, 4) is 5.75 Å². The Balaban J connectivity index is 1.56. The van der Waals surface area contributed by atoms with Crippen LogP contribution in [0.5, 0.6) is 5.75 Å². The zero-order valence-electron chi connectivity index (χ0n) is 17.1. The number of ether oxygens (including phenoxy) is 1. The van der Waals surface area contributed by atoms with Gasteiger partial charge in [-0.05, 0) is 100 Å². The molecule has 0 fully saturated rings. The average molecular weight is 634 g/mol. The second kappa shape index (κ2) is 9.52. The molecule has 1 aliphatic heterocycles. The topological polar surface area (TPSA) is 41.9 Å². The highest BCUT2D eigenvalue weighted by Gasteiger charge is 2.28. The summed E-state index contributed by atoms with van der Waals surface area (Å²) in [5.41, 5.74) is 5.38. The number of carbonyl (C=O) groups is 1. The van der Waals surface area contributed by atoms with Crippen LogP contribution in [0.4, 0.5) is 5.69 Å². The second-order valence-corrected chi connectivity index (χ2v) is 9.61. The fourth-order valence-corrected chi connectivity index (χ4v) is 5.48. The maximum absolute atomic E-state index is 13.0. The van der Waals surface area contributed by atoms with E-state index in [2.05, 4.69) is 75.4 Å². The highest BCUT2D eigenvalue weighted by atomic mass is 127. The molecular weight excluding hydrogens is 614 g/mol. The summed E-state index contributed by atoms with van der Waals surface area (Å²) in [5, 5.41) is 5.91. The lowest BCUT2D eigenvalue weighted by Gasteiger charge is -2.13. The summed E-state index contributed by atoms with van der Waals surface area (Å²) in [4.78, 5) is 13.0. The van der Waals surface area contributed by atoms with Crippen LogP contribution >= 0.6 is 45.2 Å². The number of carbonyl (C=O) groups excluding carboxylic acids is 1. The molecule has 0 atom stereocenters. The van der Waals surface area contributed by atoms with Crippen LogP contribution in [0.2, 0.25) is 0 Å². The summed E-state index contributed by atoms with van der Waals surface area (Å²) in [7, 11) is 0. The third-order valence-electron chi connectivity index (χ3n) is 4.86. The molecule has 0 saturated heterocycles. The van der Waals surface area contributed by atoms with Gasteiger partial charge in [0.15, 0.2) is 0 Å². The van der Waals surface area contributed by atoms with Gasteiger partial charge >= 0.3 is 0 Å². The summed E-state index contributed by atoms with van der Waals surface area (Å²) >= 11 is 4.57. The van der Waals surface area contributed by atoms with Crippen LogP contribution < -0.4 is 9.75 Å². The van der Waals surface area contributed by atoms with Crippen molar-refractivity contribution in [2.45, 2.75) is 20.5 Å². The van der Waals surface area contributed by atoms with Crippen molar-refractivity contribution in [1.29, 1.82) is 0 Å². The standard InChI is InChI=1S/C25H20I2N2O2/c1-16-7-6-8-18(11-16)15-31-24-22(26)13-19(14-23(24)27)12-21-17(2)28-29(25(21)30)20-9-4-3-5-10-20/h3-14H,15H2,1-2H3/b21-12+. The molecule has 3 aromatic carbocycles. The third-order valence-corrected chi connectivity index (χ3v) is 6.46. The first-order valence-electron chi connectivity index (χ1n) is 9.76. The molecule has 0 saturated carbocycles. The van der Waals surface area contributed by atoms with E-state index in [-0.39, 0.29) is 5.91 Å². The number of hydrogen-bond acceptors (Lipinski definition) is 3. The number of hydrogen-bond donors (Lipinski definition) is 0. The molecule has 6 heteroatoms. The molecule has 0 unspecified atom stereocenters. The number of benzene rings is 3. The van der Waals surface area contributed by atoms with Crippen molar-refractivity contribution >= 4 is 68.6 Å². The maximum atomic E-state index is 13.0. The lowest BCUT2D eigenvalue weighted by molar-refractivity contribution is -0.114. The Morgan fingerprint density at radius 3 is 2.35 bits per heavy atom. The minimum absolute atomic E-state index is 0.117. The van der Waals surface area contributed by atoms with Crippen LogP contribution in [-0.4, -0.2) is 11.6 Å². The van der Waals surface area contributed by atoms with E-state index in [1.54, 1.807) is 0 Å². The minimum atomic E-state index is -0.117. The van der Waals surface area contributed by atoms with Gasteiger partial charge in [-0.1, -0.05) is 48.0 Å². The second-order valence-electron chi connectivity index (χ2n) is 7.29. The lowest BCUT2D eigenvalue weighted by atomic mass is 10.1. The molecule has 4 rings (SSSR count). The molecule has 0 N–H and O–H groups in total. The highest BCUT2D eigenvalue weighted by molar-refractivity contribution is 14.1. The normalized spacial score (nSPS) is 14.8. The Morgan fingerprint density at radius 2 is 1.68 bits per heavy atom. The van der Waals surface area contributed by atoms with E-state index < -0.39 is 0 Å². The number of amides is 1.